The molecule has 2 aliphatic heterocycles. The van der Waals surface area contributed by atoms with Gasteiger partial charge in [0.2, 0.25) is 0 Å². The summed E-state index contributed by atoms with van der Waals surface area (Å²) in [5, 5.41) is 7.12. The fourth-order valence-corrected chi connectivity index (χ4v) is 4.43. The smallest absolute Gasteiger partial charge is 0.490 e. The van der Waals surface area contributed by atoms with Crippen molar-refractivity contribution in [1.29, 1.82) is 0 Å². The Morgan fingerprint density at radius 1 is 1.03 bits per heavy atom. The van der Waals surface area contributed by atoms with Gasteiger partial charge in [-0.15, -0.1) is 0 Å². The first-order chi connectivity index (χ1) is 16.6. The van der Waals surface area contributed by atoms with Crippen molar-refractivity contribution >= 4 is 11.9 Å². The number of nitrogens with zero attached hydrogens (tertiary/aromatic N) is 4. The van der Waals surface area contributed by atoms with Gasteiger partial charge in [0.05, 0.1) is 13.3 Å². The first kappa shape index (κ1) is 26.4. The minimum atomic E-state index is -5.08. The van der Waals surface area contributed by atoms with Crippen LogP contribution in [0.3, 0.4) is 0 Å². The molecule has 2 fully saturated rings. The van der Waals surface area contributed by atoms with Crippen molar-refractivity contribution < 1.29 is 32.6 Å². The maximum Gasteiger partial charge on any atom is 0.490 e. The number of hydrogen-bond acceptors (Lipinski definition) is 6. The Morgan fingerprint density at radius 3 is 2.09 bits per heavy atom. The summed E-state index contributed by atoms with van der Waals surface area (Å²) >= 11 is 0. The number of carboxylic acids is 1. The topological polar surface area (TPSA) is 95.9 Å². The van der Waals surface area contributed by atoms with E-state index in [0.29, 0.717) is 11.1 Å². The lowest BCUT2D eigenvalue weighted by molar-refractivity contribution is -0.192. The second kappa shape index (κ2) is 11.5. The molecule has 0 atom stereocenters. The van der Waals surface area contributed by atoms with E-state index in [0.717, 1.165) is 51.3 Å². The van der Waals surface area contributed by atoms with Gasteiger partial charge in [0.15, 0.2) is 0 Å². The maximum absolute atomic E-state index is 12.6. The Kier molecular flexibility index (Phi) is 8.66. The second-order valence-corrected chi connectivity index (χ2v) is 8.81. The highest BCUT2D eigenvalue weighted by atomic mass is 19.4. The molecule has 1 amide bonds. The third kappa shape index (κ3) is 7.38. The summed E-state index contributed by atoms with van der Waals surface area (Å²) in [5.41, 5.74) is 2.18. The molecule has 1 aromatic heterocycles. The highest BCUT2D eigenvalue weighted by Gasteiger charge is 2.39. The molecule has 35 heavy (non-hydrogen) atoms. The number of aromatic nitrogens is 2. The van der Waals surface area contributed by atoms with Gasteiger partial charge in [-0.2, -0.15) is 13.2 Å². The molecule has 4 rings (SSSR count). The monoisotopic (exact) mass is 494 g/mol. The quantitative estimate of drug-likeness (QED) is 0.693. The number of alkyl halides is 3. The Balaban J connectivity index is 0.000000429. The van der Waals surface area contributed by atoms with Crippen molar-refractivity contribution in [2.24, 2.45) is 5.41 Å². The molecule has 0 bridgehead atoms. The second-order valence-electron chi connectivity index (χ2n) is 8.81. The molecular formula is C24H29F3N4O4. The number of rotatable bonds is 4. The number of aliphatic carboxylic acids is 1. The molecule has 0 unspecified atom stereocenters. The fraction of sp³-hybridized carbons (Fsp3) is 0.500. The van der Waals surface area contributed by atoms with Crippen LogP contribution in [0.5, 0.6) is 5.75 Å². The van der Waals surface area contributed by atoms with Crippen LogP contribution in [0.4, 0.5) is 13.2 Å². The number of methoxy groups -OCH3 is 1. The van der Waals surface area contributed by atoms with Crippen LogP contribution < -0.4 is 4.74 Å². The Hall–Kier alpha value is -3.21. The molecular weight excluding hydrogens is 465 g/mol. The summed E-state index contributed by atoms with van der Waals surface area (Å²) in [7, 11) is 1.70. The van der Waals surface area contributed by atoms with Crippen LogP contribution in [0.15, 0.2) is 42.9 Å². The summed E-state index contributed by atoms with van der Waals surface area (Å²) < 4.78 is 37.0. The lowest BCUT2D eigenvalue weighted by Crippen LogP contribution is -2.48. The van der Waals surface area contributed by atoms with Crippen molar-refractivity contribution in [3.63, 3.8) is 0 Å². The molecule has 0 aliphatic carbocycles. The van der Waals surface area contributed by atoms with Crippen molar-refractivity contribution in [3.8, 4) is 5.75 Å². The number of likely N-dealkylation sites (tertiary alicyclic amines) is 2. The molecule has 1 spiro atoms. The van der Waals surface area contributed by atoms with Gasteiger partial charge in [0.1, 0.15) is 11.4 Å². The van der Waals surface area contributed by atoms with Gasteiger partial charge in [-0.25, -0.2) is 9.78 Å². The van der Waals surface area contributed by atoms with Crippen molar-refractivity contribution in [2.45, 2.75) is 38.4 Å². The van der Waals surface area contributed by atoms with Crippen molar-refractivity contribution in [3.05, 3.63) is 54.1 Å². The number of carboxylic acid groups (broad SMARTS) is 1. The SMILES string of the molecule is COc1ccc(CN2CCC3(CC2)CCN(C(=O)c2cnccn2)CC3)cc1.O=C(O)C(F)(F)F. The first-order valence-corrected chi connectivity index (χ1v) is 11.3. The van der Waals surface area contributed by atoms with Gasteiger partial charge in [0, 0.05) is 32.0 Å². The summed E-state index contributed by atoms with van der Waals surface area (Å²) in [6.45, 7) is 4.91. The van der Waals surface area contributed by atoms with Gasteiger partial charge in [0.25, 0.3) is 5.91 Å². The molecule has 0 radical (unpaired) electrons. The normalized spacial score (nSPS) is 17.9. The number of carbonyl (C=O) groups excluding carboxylic acids is 1. The highest BCUT2D eigenvalue weighted by Crippen LogP contribution is 2.41. The van der Waals surface area contributed by atoms with E-state index < -0.39 is 12.1 Å². The van der Waals surface area contributed by atoms with Gasteiger partial charge >= 0.3 is 12.1 Å². The summed E-state index contributed by atoms with van der Waals surface area (Å²) in [4.78, 5) is 34.1. The van der Waals surface area contributed by atoms with Crippen molar-refractivity contribution in [1.82, 2.24) is 19.8 Å². The van der Waals surface area contributed by atoms with Crippen molar-refractivity contribution in [2.75, 3.05) is 33.3 Å². The lowest BCUT2D eigenvalue weighted by atomic mass is 9.71. The number of hydrogen-bond donors (Lipinski definition) is 1. The molecule has 3 heterocycles. The number of carbonyl (C=O) groups is 2. The standard InChI is InChI=1S/C22H28N4O2.C2HF3O2/c1-28-19-4-2-18(3-5-19)17-25-12-6-22(7-13-25)8-14-26(15-9-22)21(27)20-16-23-10-11-24-20;3-2(4,5)1(6)7/h2-5,10-11,16H,6-9,12-15,17H2,1H3;(H,6,7). The summed E-state index contributed by atoms with van der Waals surface area (Å²) in [6, 6.07) is 8.37. The van der Waals surface area contributed by atoms with Crippen LogP contribution in [0.2, 0.25) is 0 Å². The lowest BCUT2D eigenvalue weighted by Gasteiger charge is -2.46. The van der Waals surface area contributed by atoms with E-state index in [9.17, 15) is 18.0 Å². The fourth-order valence-electron chi connectivity index (χ4n) is 4.43. The number of ether oxygens (including phenoxy) is 1. The number of amides is 1. The maximum atomic E-state index is 12.6. The van der Waals surface area contributed by atoms with E-state index >= 15 is 0 Å². The largest absolute Gasteiger partial charge is 0.497 e. The molecule has 190 valence electrons. The first-order valence-electron chi connectivity index (χ1n) is 11.3. The average Bonchev–Trinajstić information content (AvgIpc) is 2.86. The third-order valence-corrected chi connectivity index (χ3v) is 6.62. The van der Waals surface area contributed by atoms with E-state index in [1.54, 1.807) is 25.7 Å². The molecule has 1 aromatic carbocycles. The number of halogens is 3. The third-order valence-electron chi connectivity index (χ3n) is 6.62. The summed E-state index contributed by atoms with van der Waals surface area (Å²) in [5.74, 6) is -1.84. The van der Waals surface area contributed by atoms with Gasteiger partial charge < -0.3 is 14.7 Å². The number of piperidine rings is 2. The minimum absolute atomic E-state index is 0.0138. The van der Waals surface area contributed by atoms with E-state index in [2.05, 4.69) is 27.0 Å². The van der Waals surface area contributed by atoms with Gasteiger partial charge in [-0.1, -0.05) is 12.1 Å². The molecule has 11 heteroatoms. The zero-order valence-corrected chi connectivity index (χ0v) is 19.5. The zero-order chi connectivity index (χ0) is 25.5. The molecule has 2 aliphatic rings. The Labute approximate surface area is 201 Å². The average molecular weight is 495 g/mol. The predicted octanol–water partition coefficient (Wildman–Crippen LogP) is 3.64. The van der Waals surface area contributed by atoms with E-state index in [1.807, 2.05) is 17.0 Å². The highest BCUT2D eigenvalue weighted by molar-refractivity contribution is 5.92. The number of benzene rings is 1. The van der Waals surface area contributed by atoms with Crippen LogP contribution in [-0.2, 0) is 11.3 Å². The van der Waals surface area contributed by atoms with E-state index in [1.165, 1.54) is 18.4 Å². The molecule has 8 nitrogen and oxygen atoms in total. The van der Waals surface area contributed by atoms with Crippen LogP contribution in [-0.4, -0.2) is 76.2 Å². The van der Waals surface area contributed by atoms with Crippen LogP contribution in [0, 0.1) is 5.41 Å². The van der Waals surface area contributed by atoms with E-state index in [4.69, 9.17) is 14.6 Å². The Morgan fingerprint density at radius 2 is 1.60 bits per heavy atom. The van der Waals surface area contributed by atoms with Crippen LogP contribution in [0.1, 0.15) is 41.7 Å². The minimum Gasteiger partial charge on any atom is -0.497 e. The van der Waals surface area contributed by atoms with Gasteiger partial charge in [-0.3, -0.25) is 14.7 Å². The van der Waals surface area contributed by atoms with Crippen LogP contribution in [0.25, 0.3) is 0 Å². The molecule has 1 N–H and O–H groups in total. The molecule has 2 aromatic rings. The Bertz CT molecular complexity index is 969. The zero-order valence-electron chi connectivity index (χ0n) is 19.5. The molecule has 0 saturated carbocycles. The predicted molar refractivity (Wildman–Crippen MR) is 121 cm³/mol. The molecule has 2 saturated heterocycles. The van der Waals surface area contributed by atoms with Crippen LogP contribution >= 0.6 is 0 Å². The summed E-state index contributed by atoms with van der Waals surface area (Å²) in [6.07, 6.45) is 4.28. The van der Waals surface area contributed by atoms with E-state index in [-0.39, 0.29) is 5.91 Å². The van der Waals surface area contributed by atoms with Gasteiger partial charge in [-0.05, 0) is 61.9 Å².